The van der Waals surface area contributed by atoms with Gasteiger partial charge in [0, 0.05) is 12.1 Å². The molecular formula is C17H13FN2O2. The summed E-state index contributed by atoms with van der Waals surface area (Å²) in [7, 11) is 0. The lowest BCUT2D eigenvalue weighted by Gasteiger charge is -2.02. The monoisotopic (exact) mass is 296 g/mol. The summed E-state index contributed by atoms with van der Waals surface area (Å²) in [6.45, 7) is 0.298. The Hall–Kier alpha value is -2.95. The summed E-state index contributed by atoms with van der Waals surface area (Å²) in [5.41, 5.74) is 1.82. The van der Waals surface area contributed by atoms with Crippen molar-refractivity contribution in [1.82, 2.24) is 10.3 Å². The number of rotatable bonds is 4. The Kier molecular flexibility index (Phi) is 3.96. The van der Waals surface area contributed by atoms with Gasteiger partial charge in [0.25, 0.3) is 5.91 Å². The predicted octanol–water partition coefficient (Wildman–Crippen LogP) is 3.41. The van der Waals surface area contributed by atoms with Crippen molar-refractivity contribution in [2.75, 3.05) is 0 Å². The maximum atomic E-state index is 12.8. The average Bonchev–Trinajstić information content (AvgIpc) is 3.05. The molecule has 0 saturated heterocycles. The SMILES string of the molecule is O=C(NCc1ccc(F)cc1)c1coc(-c2ccccc2)n1. The number of halogens is 1. The molecule has 0 aliphatic rings. The van der Waals surface area contributed by atoms with Gasteiger partial charge in [-0.3, -0.25) is 4.79 Å². The maximum Gasteiger partial charge on any atom is 0.273 e. The molecule has 0 bridgehead atoms. The average molecular weight is 296 g/mol. The van der Waals surface area contributed by atoms with Crippen LogP contribution in [0.1, 0.15) is 16.1 Å². The smallest absolute Gasteiger partial charge is 0.273 e. The molecule has 0 unspecified atom stereocenters. The van der Waals surface area contributed by atoms with E-state index >= 15 is 0 Å². The lowest BCUT2D eigenvalue weighted by molar-refractivity contribution is 0.0946. The largest absolute Gasteiger partial charge is 0.444 e. The number of aromatic nitrogens is 1. The highest BCUT2D eigenvalue weighted by Gasteiger charge is 2.12. The third-order valence-electron chi connectivity index (χ3n) is 3.12. The summed E-state index contributed by atoms with van der Waals surface area (Å²) < 4.78 is 18.1. The molecule has 3 rings (SSSR count). The molecule has 22 heavy (non-hydrogen) atoms. The van der Waals surface area contributed by atoms with E-state index in [2.05, 4.69) is 10.3 Å². The number of nitrogens with zero attached hydrogens (tertiary/aromatic N) is 1. The van der Waals surface area contributed by atoms with Crippen LogP contribution in [-0.4, -0.2) is 10.9 Å². The molecule has 3 aromatic rings. The minimum absolute atomic E-state index is 0.209. The second kappa shape index (κ2) is 6.22. The van der Waals surface area contributed by atoms with Crippen LogP contribution in [0.5, 0.6) is 0 Å². The zero-order valence-corrected chi connectivity index (χ0v) is 11.6. The number of carbonyl (C=O) groups excluding carboxylic acids is 1. The van der Waals surface area contributed by atoms with Gasteiger partial charge in [-0.05, 0) is 29.8 Å². The van der Waals surface area contributed by atoms with E-state index in [4.69, 9.17) is 4.42 Å². The van der Waals surface area contributed by atoms with Crippen molar-refractivity contribution in [3.63, 3.8) is 0 Å². The Morgan fingerprint density at radius 3 is 2.55 bits per heavy atom. The van der Waals surface area contributed by atoms with Gasteiger partial charge in [0.1, 0.15) is 12.1 Å². The molecule has 4 nitrogen and oxygen atoms in total. The second-order valence-electron chi connectivity index (χ2n) is 4.71. The van der Waals surface area contributed by atoms with E-state index in [0.717, 1.165) is 11.1 Å². The van der Waals surface area contributed by atoms with Crippen LogP contribution in [0, 0.1) is 5.82 Å². The number of hydrogen-bond acceptors (Lipinski definition) is 3. The first kappa shape index (κ1) is 14.0. The van der Waals surface area contributed by atoms with E-state index in [1.54, 1.807) is 12.1 Å². The van der Waals surface area contributed by atoms with Gasteiger partial charge >= 0.3 is 0 Å². The van der Waals surface area contributed by atoms with E-state index in [-0.39, 0.29) is 17.4 Å². The van der Waals surface area contributed by atoms with Gasteiger partial charge in [0.15, 0.2) is 5.69 Å². The van der Waals surface area contributed by atoms with E-state index in [1.165, 1.54) is 18.4 Å². The molecule has 1 amide bonds. The zero-order valence-electron chi connectivity index (χ0n) is 11.6. The normalized spacial score (nSPS) is 10.4. The molecule has 0 atom stereocenters. The summed E-state index contributed by atoms with van der Waals surface area (Å²) in [5, 5.41) is 2.72. The number of oxazole rings is 1. The van der Waals surface area contributed by atoms with E-state index in [9.17, 15) is 9.18 Å². The Labute approximate surface area is 126 Å². The van der Waals surface area contributed by atoms with Crippen molar-refractivity contribution in [2.24, 2.45) is 0 Å². The molecule has 0 aliphatic heterocycles. The second-order valence-corrected chi connectivity index (χ2v) is 4.71. The fraction of sp³-hybridized carbons (Fsp3) is 0.0588. The number of carbonyl (C=O) groups is 1. The Balaban J connectivity index is 1.66. The van der Waals surface area contributed by atoms with Crippen LogP contribution in [0.25, 0.3) is 11.5 Å². The molecule has 0 saturated carbocycles. The van der Waals surface area contributed by atoms with Gasteiger partial charge in [-0.2, -0.15) is 0 Å². The van der Waals surface area contributed by atoms with Gasteiger partial charge in [-0.25, -0.2) is 9.37 Å². The lowest BCUT2D eigenvalue weighted by Crippen LogP contribution is -2.23. The summed E-state index contributed by atoms with van der Waals surface area (Å²) >= 11 is 0. The predicted molar refractivity (Wildman–Crippen MR) is 79.5 cm³/mol. The summed E-state index contributed by atoms with van der Waals surface area (Å²) in [6.07, 6.45) is 1.32. The highest BCUT2D eigenvalue weighted by atomic mass is 19.1. The van der Waals surface area contributed by atoms with Crippen LogP contribution in [0.2, 0.25) is 0 Å². The Morgan fingerprint density at radius 1 is 1.09 bits per heavy atom. The molecule has 0 spiro atoms. The van der Waals surface area contributed by atoms with Gasteiger partial charge in [-0.1, -0.05) is 30.3 Å². The minimum atomic E-state index is -0.338. The van der Waals surface area contributed by atoms with Crippen LogP contribution < -0.4 is 5.32 Å². The molecule has 1 heterocycles. The number of nitrogens with one attached hydrogen (secondary N) is 1. The minimum Gasteiger partial charge on any atom is -0.444 e. The van der Waals surface area contributed by atoms with Crippen molar-refractivity contribution in [2.45, 2.75) is 6.54 Å². The topological polar surface area (TPSA) is 55.1 Å². The van der Waals surface area contributed by atoms with Gasteiger partial charge in [-0.15, -0.1) is 0 Å². The van der Waals surface area contributed by atoms with Crippen LogP contribution in [-0.2, 0) is 6.54 Å². The number of hydrogen-bond donors (Lipinski definition) is 1. The van der Waals surface area contributed by atoms with Gasteiger partial charge in [0.05, 0.1) is 0 Å². The first-order chi connectivity index (χ1) is 10.7. The molecule has 110 valence electrons. The third-order valence-corrected chi connectivity index (χ3v) is 3.12. The molecular weight excluding hydrogens is 283 g/mol. The van der Waals surface area contributed by atoms with Crippen LogP contribution in [0.4, 0.5) is 4.39 Å². The first-order valence-corrected chi connectivity index (χ1v) is 6.76. The van der Waals surface area contributed by atoms with Crippen molar-refractivity contribution in [1.29, 1.82) is 0 Å². The van der Waals surface area contributed by atoms with E-state index in [0.29, 0.717) is 12.4 Å². The molecule has 0 aliphatic carbocycles. The van der Waals surface area contributed by atoms with Crippen LogP contribution >= 0.6 is 0 Å². The molecule has 1 aromatic heterocycles. The highest BCUT2D eigenvalue weighted by Crippen LogP contribution is 2.17. The van der Waals surface area contributed by atoms with Crippen molar-refractivity contribution >= 4 is 5.91 Å². The molecule has 0 radical (unpaired) electrons. The summed E-state index contributed by atoms with van der Waals surface area (Å²) in [4.78, 5) is 16.2. The molecule has 1 N–H and O–H groups in total. The molecule has 5 heteroatoms. The van der Waals surface area contributed by atoms with Gasteiger partial charge < -0.3 is 9.73 Å². The van der Waals surface area contributed by atoms with Crippen molar-refractivity contribution in [3.05, 3.63) is 77.9 Å². The molecule has 2 aromatic carbocycles. The quantitative estimate of drug-likeness (QED) is 0.802. The summed E-state index contributed by atoms with van der Waals surface area (Å²) in [5.74, 6) is -0.248. The Morgan fingerprint density at radius 2 is 1.82 bits per heavy atom. The summed E-state index contributed by atoms with van der Waals surface area (Å²) in [6, 6.07) is 15.3. The lowest BCUT2D eigenvalue weighted by atomic mass is 10.2. The fourth-order valence-electron chi connectivity index (χ4n) is 1.97. The highest BCUT2D eigenvalue weighted by molar-refractivity contribution is 5.92. The Bertz CT molecular complexity index is 767. The number of benzene rings is 2. The number of amides is 1. The zero-order chi connectivity index (χ0) is 15.4. The van der Waals surface area contributed by atoms with Gasteiger partial charge in [0.2, 0.25) is 5.89 Å². The maximum absolute atomic E-state index is 12.8. The van der Waals surface area contributed by atoms with E-state index < -0.39 is 0 Å². The third kappa shape index (κ3) is 3.20. The van der Waals surface area contributed by atoms with Crippen LogP contribution in [0.3, 0.4) is 0 Å². The fourth-order valence-corrected chi connectivity index (χ4v) is 1.97. The van der Waals surface area contributed by atoms with Crippen molar-refractivity contribution in [3.8, 4) is 11.5 Å². The van der Waals surface area contributed by atoms with Crippen LogP contribution in [0.15, 0.2) is 65.3 Å². The van der Waals surface area contributed by atoms with E-state index in [1.807, 2.05) is 30.3 Å². The standard InChI is InChI=1S/C17H13FN2O2/c18-14-8-6-12(7-9-14)10-19-16(21)15-11-22-17(20-15)13-4-2-1-3-5-13/h1-9,11H,10H2,(H,19,21). The van der Waals surface area contributed by atoms with Crippen molar-refractivity contribution < 1.29 is 13.6 Å². The first-order valence-electron chi connectivity index (χ1n) is 6.76. The molecule has 0 fully saturated rings.